The second-order valence-electron chi connectivity index (χ2n) is 8.79. The number of benzene rings is 1. The van der Waals surface area contributed by atoms with Crippen LogP contribution in [0.1, 0.15) is 19.4 Å². The molecule has 0 saturated carbocycles. The second kappa shape index (κ2) is 10.4. The normalized spacial score (nSPS) is 20.5. The summed E-state index contributed by atoms with van der Waals surface area (Å²) in [6, 6.07) is 8.63. The Labute approximate surface area is 200 Å². The lowest BCUT2D eigenvalue weighted by Gasteiger charge is -2.33. The molecule has 0 spiro atoms. The van der Waals surface area contributed by atoms with Crippen molar-refractivity contribution in [1.82, 2.24) is 9.21 Å². The van der Waals surface area contributed by atoms with Crippen molar-refractivity contribution >= 4 is 33.0 Å². The summed E-state index contributed by atoms with van der Waals surface area (Å²) in [6.07, 6.45) is -0.350. The van der Waals surface area contributed by atoms with E-state index in [2.05, 4.69) is 0 Å². The molecule has 8 nitrogen and oxygen atoms in total. The zero-order valence-electron chi connectivity index (χ0n) is 19.8. The number of fused-ring (bicyclic) bond motifs is 1. The number of carbonyl (C=O) groups excluding carboxylic acids is 1. The van der Waals surface area contributed by atoms with E-state index in [4.69, 9.17) is 4.74 Å². The van der Waals surface area contributed by atoms with Crippen LogP contribution >= 0.6 is 11.3 Å². The molecule has 2 heterocycles. The Morgan fingerprint density at radius 3 is 2.61 bits per heavy atom. The van der Waals surface area contributed by atoms with Crippen LogP contribution in [0.3, 0.4) is 0 Å². The molecule has 0 radical (unpaired) electrons. The molecule has 0 bridgehead atoms. The number of amides is 1. The first-order valence-electron chi connectivity index (χ1n) is 10.9. The number of aliphatic hydroxyl groups is 1. The Morgan fingerprint density at radius 1 is 1.27 bits per heavy atom. The highest BCUT2D eigenvalue weighted by atomic mass is 32.2. The molecule has 10 heteroatoms. The van der Waals surface area contributed by atoms with Gasteiger partial charge in [0.05, 0.1) is 25.6 Å². The van der Waals surface area contributed by atoms with Gasteiger partial charge in [0.15, 0.2) is 0 Å². The lowest BCUT2D eigenvalue weighted by molar-refractivity contribution is -0.134. The molecule has 1 aromatic carbocycles. The molecule has 0 unspecified atom stereocenters. The first-order valence-corrected chi connectivity index (χ1v) is 13.2. The summed E-state index contributed by atoms with van der Waals surface area (Å²) >= 11 is 1.18. The minimum absolute atomic E-state index is 0.0932. The highest BCUT2D eigenvalue weighted by molar-refractivity contribution is 7.91. The number of likely N-dealkylation sites (N-methyl/N-ethyl adjacent to an activating group) is 1. The molecule has 1 amide bonds. The number of anilines is 1. The Kier molecular flexibility index (Phi) is 8.04. The van der Waals surface area contributed by atoms with Gasteiger partial charge >= 0.3 is 0 Å². The number of carbonyl (C=O) groups is 1. The van der Waals surface area contributed by atoms with Gasteiger partial charge in [0, 0.05) is 44.9 Å². The Bertz CT molecular complexity index is 1060. The lowest BCUT2D eigenvalue weighted by Crippen LogP contribution is -2.48. The Morgan fingerprint density at radius 2 is 2.00 bits per heavy atom. The number of aliphatic hydroxyl groups excluding tert-OH is 1. The standard InChI is InChI=1S/C23H33N3O5S2/c1-16-13-26(17(2)15-27)22(28)12-18-11-19(24(3)4)8-9-20(18)31-21(16)14-25(5)33(29,30)23-7-6-10-32-23/h6-11,16-17,21,27H,12-15H2,1-5H3/t16-,17+,21+/m1/s1. The summed E-state index contributed by atoms with van der Waals surface area (Å²) in [5, 5.41) is 11.5. The van der Waals surface area contributed by atoms with Crippen LogP contribution in [-0.4, -0.2) is 81.6 Å². The molecule has 1 aliphatic rings. The molecule has 0 aliphatic carbocycles. The molecule has 33 heavy (non-hydrogen) atoms. The zero-order chi connectivity index (χ0) is 24.3. The van der Waals surface area contributed by atoms with Crippen molar-refractivity contribution in [2.45, 2.75) is 36.6 Å². The van der Waals surface area contributed by atoms with E-state index in [0.717, 1.165) is 11.3 Å². The van der Waals surface area contributed by atoms with Crippen molar-refractivity contribution in [1.29, 1.82) is 0 Å². The summed E-state index contributed by atoms with van der Waals surface area (Å²) in [6.45, 7) is 4.09. The van der Waals surface area contributed by atoms with Gasteiger partial charge in [-0.15, -0.1) is 11.3 Å². The van der Waals surface area contributed by atoms with Crippen molar-refractivity contribution in [3.8, 4) is 5.75 Å². The number of ether oxygens (including phenoxy) is 1. The molecule has 2 aromatic rings. The molecular formula is C23H33N3O5S2. The Hall–Kier alpha value is -2.14. The maximum atomic E-state index is 13.2. The van der Waals surface area contributed by atoms with Crippen LogP contribution in [0.5, 0.6) is 5.75 Å². The van der Waals surface area contributed by atoms with E-state index in [-0.39, 0.29) is 41.6 Å². The van der Waals surface area contributed by atoms with Gasteiger partial charge in [-0.05, 0) is 36.6 Å². The summed E-state index contributed by atoms with van der Waals surface area (Å²) in [4.78, 5) is 16.8. The molecule has 182 valence electrons. The van der Waals surface area contributed by atoms with Crippen LogP contribution in [0.2, 0.25) is 0 Å². The average molecular weight is 496 g/mol. The molecular weight excluding hydrogens is 462 g/mol. The predicted octanol–water partition coefficient (Wildman–Crippen LogP) is 2.28. The number of hydrogen-bond acceptors (Lipinski definition) is 7. The van der Waals surface area contributed by atoms with Crippen LogP contribution in [0.25, 0.3) is 0 Å². The lowest BCUT2D eigenvalue weighted by atomic mass is 10.0. The maximum absolute atomic E-state index is 13.2. The van der Waals surface area contributed by atoms with Gasteiger partial charge in [0.25, 0.3) is 10.0 Å². The van der Waals surface area contributed by atoms with E-state index in [0.29, 0.717) is 12.3 Å². The molecule has 3 atom stereocenters. The molecule has 1 aromatic heterocycles. The van der Waals surface area contributed by atoms with E-state index in [1.165, 1.54) is 15.6 Å². The van der Waals surface area contributed by atoms with Crippen molar-refractivity contribution in [3.63, 3.8) is 0 Å². The van der Waals surface area contributed by atoms with Crippen LogP contribution < -0.4 is 9.64 Å². The van der Waals surface area contributed by atoms with Crippen molar-refractivity contribution in [2.24, 2.45) is 5.92 Å². The largest absolute Gasteiger partial charge is 0.488 e. The van der Waals surface area contributed by atoms with Gasteiger partial charge < -0.3 is 19.6 Å². The van der Waals surface area contributed by atoms with Crippen LogP contribution in [0, 0.1) is 5.92 Å². The second-order valence-corrected chi connectivity index (χ2v) is 12.0. The third-order valence-corrected chi connectivity index (χ3v) is 9.21. The molecule has 1 N–H and O–H groups in total. The third-order valence-electron chi connectivity index (χ3n) is 6.01. The van der Waals surface area contributed by atoms with Gasteiger partial charge in [0.1, 0.15) is 16.1 Å². The minimum atomic E-state index is -3.64. The summed E-state index contributed by atoms with van der Waals surface area (Å²) in [5.74, 6) is 0.305. The quantitative estimate of drug-likeness (QED) is 0.634. The molecule has 1 aliphatic heterocycles. The van der Waals surface area contributed by atoms with Crippen LogP contribution in [-0.2, 0) is 21.2 Å². The first-order chi connectivity index (χ1) is 15.5. The van der Waals surface area contributed by atoms with Gasteiger partial charge in [-0.25, -0.2) is 8.42 Å². The number of thiophene rings is 1. The zero-order valence-corrected chi connectivity index (χ0v) is 21.4. The van der Waals surface area contributed by atoms with E-state index < -0.39 is 16.1 Å². The third kappa shape index (κ3) is 5.68. The molecule has 0 fully saturated rings. The van der Waals surface area contributed by atoms with E-state index in [1.807, 2.05) is 51.0 Å². The Balaban J connectivity index is 1.98. The van der Waals surface area contributed by atoms with Gasteiger partial charge in [-0.1, -0.05) is 13.0 Å². The summed E-state index contributed by atoms with van der Waals surface area (Å²) in [5.41, 5.74) is 1.68. The fourth-order valence-corrected chi connectivity index (χ4v) is 6.21. The van der Waals surface area contributed by atoms with Crippen LogP contribution in [0.4, 0.5) is 5.69 Å². The molecule has 0 saturated heterocycles. The SMILES string of the molecule is C[C@@H]1CN([C@@H](C)CO)C(=O)Cc2cc(N(C)C)ccc2O[C@H]1CN(C)S(=O)(=O)c1cccs1. The smallest absolute Gasteiger partial charge is 0.252 e. The maximum Gasteiger partial charge on any atom is 0.252 e. The first kappa shape index (κ1) is 25.5. The number of hydrogen-bond donors (Lipinski definition) is 1. The van der Waals surface area contributed by atoms with Gasteiger partial charge in [0.2, 0.25) is 5.91 Å². The van der Waals surface area contributed by atoms with Gasteiger partial charge in [-0.3, -0.25) is 4.79 Å². The number of rotatable bonds is 7. The average Bonchev–Trinajstić information content (AvgIpc) is 3.33. The van der Waals surface area contributed by atoms with Crippen molar-refractivity contribution in [3.05, 3.63) is 41.3 Å². The minimum Gasteiger partial charge on any atom is -0.488 e. The van der Waals surface area contributed by atoms with E-state index >= 15 is 0 Å². The molecule has 3 rings (SSSR count). The number of nitrogens with zero attached hydrogens (tertiary/aromatic N) is 3. The fourth-order valence-electron chi connectivity index (χ4n) is 3.83. The number of sulfonamides is 1. The van der Waals surface area contributed by atoms with Crippen molar-refractivity contribution in [2.75, 3.05) is 45.7 Å². The highest BCUT2D eigenvalue weighted by Gasteiger charge is 2.33. The van der Waals surface area contributed by atoms with Crippen molar-refractivity contribution < 1.29 is 23.1 Å². The topological polar surface area (TPSA) is 90.4 Å². The monoisotopic (exact) mass is 495 g/mol. The fraction of sp³-hybridized carbons (Fsp3) is 0.522. The van der Waals surface area contributed by atoms with Gasteiger partial charge in [-0.2, -0.15) is 4.31 Å². The summed E-state index contributed by atoms with van der Waals surface area (Å²) < 4.78 is 34.0. The summed E-state index contributed by atoms with van der Waals surface area (Å²) in [7, 11) is 1.76. The van der Waals surface area contributed by atoms with Crippen LogP contribution in [0.15, 0.2) is 39.9 Å². The van der Waals surface area contributed by atoms with E-state index in [1.54, 1.807) is 29.5 Å². The van der Waals surface area contributed by atoms with E-state index in [9.17, 15) is 18.3 Å². The highest BCUT2D eigenvalue weighted by Crippen LogP contribution is 2.30. The predicted molar refractivity (Wildman–Crippen MR) is 130 cm³/mol.